The van der Waals surface area contributed by atoms with Crippen LogP contribution in [-0.4, -0.2) is 32.6 Å². The lowest BCUT2D eigenvalue weighted by Gasteiger charge is -2.36. The minimum Gasteiger partial charge on any atom is -0.445 e. The Bertz CT molecular complexity index is 1150. The number of anilines is 1. The number of nitrogens with zero attached hydrogens (tertiary/aromatic N) is 3. The molecule has 0 spiro atoms. The first kappa shape index (κ1) is 27.2. The van der Waals surface area contributed by atoms with Crippen LogP contribution in [0.15, 0.2) is 23.1 Å². The number of ether oxygens (including phenoxy) is 1. The van der Waals surface area contributed by atoms with E-state index in [0.29, 0.717) is 30.0 Å². The molecule has 3 atom stereocenters. The first-order chi connectivity index (χ1) is 17.0. The van der Waals surface area contributed by atoms with Crippen molar-refractivity contribution in [2.24, 2.45) is 17.8 Å². The van der Waals surface area contributed by atoms with Crippen LogP contribution in [0.4, 0.5) is 10.6 Å². The van der Waals surface area contributed by atoms with Crippen molar-refractivity contribution in [2.45, 2.75) is 80.0 Å². The van der Waals surface area contributed by atoms with E-state index in [0.717, 1.165) is 36.2 Å². The summed E-state index contributed by atoms with van der Waals surface area (Å²) in [6.45, 7) is 12.1. The minimum absolute atomic E-state index is 0.0960. The highest BCUT2D eigenvalue weighted by molar-refractivity contribution is 5.76. The van der Waals surface area contributed by atoms with Crippen molar-refractivity contribution < 1.29 is 14.3 Å². The maximum Gasteiger partial charge on any atom is 0.426 e. The third kappa shape index (κ3) is 7.05. The quantitative estimate of drug-likeness (QED) is 0.476. The topological polar surface area (TPSA) is 127 Å². The number of aryl methyl sites for hydroxylation is 3. The molecule has 10 nitrogen and oxygen atoms in total. The fourth-order valence-electron chi connectivity index (χ4n) is 4.68. The molecule has 2 amide bonds. The Morgan fingerprint density at radius 1 is 1.19 bits per heavy atom. The van der Waals surface area contributed by atoms with Gasteiger partial charge in [0.15, 0.2) is 0 Å². The Morgan fingerprint density at radius 2 is 1.94 bits per heavy atom. The maximum absolute atomic E-state index is 12.9. The molecule has 1 aliphatic carbocycles. The number of amides is 2. The number of nitrogens with one attached hydrogen (secondary N) is 3. The summed E-state index contributed by atoms with van der Waals surface area (Å²) in [5.74, 6) is 0.789. The molecule has 2 heterocycles. The maximum atomic E-state index is 12.9. The van der Waals surface area contributed by atoms with Crippen LogP contribution in [0.25, 0.3) is 0 Å². The zero-order chi connectivity index (χ0) is 26.4. The van der Waals surface area contributed by atoms with Crippen molar-refractivity contribution >= 4 is 17.8 Å². The molecule has 1 aliphatic rings. The van der Waals surface area contributed by atoms with Gasteiger partial charge < -0.3 is 10.1 Å². The van der Waals surface area contributed by atoms with E-state index in [1.54, 1.807) is 6.92 Å². The number of rotatable bonds is 8. The van der Waals surface area contributed by atoms with Crippen molar-refractivity contribution in [3.05, 3.63) is 51.3 Å². The van der Waals surface area contributed by atoms with Crippen LogP contribution in [-0.2, 0) is 22.6 Å². The molecule has 0 radical (unpaired) electrons. The second kappa shape index (κ2) is 12.0. The Kier molecular flexibility index (Phi) is 9.06. The Morgan fingerprint density at radius 3 is 2.64 bits per heavy atom. The molecule has 2 aromatic rings. The number of aromatic nitrogens is 3. The summed E-state index contributed by atoms with van der Waals surface area (Å²) in [5.41, 5.74) is 7.65. The number of hydrazine groups is 1. The summed E-state index contributed by atoms with van der Waals surface area (Å²) in [7, 11) is 0. The molecule has 0 aromatic carbocycles. The second-order valence-corrected chi connectivity index (χ2v) is 10.1. The van der Waals surface area contributed by atoms with Crippen LogP contribution in [0, 0.1) is 38.5 Å². The first-order valence-electron chi connectivity index (χ1n) is 12.5. The molecule has 1 saturated carbocycles. The van der Waals surface area contributed by atoms with Crippen LogP contribution in [0.3, 0.4) is 0 Å². The van der Waals surface area contributed by atoms with E-state index in [1.807, 2.05) is 26.0 Å². The zero-order valence-electron chi connectivity index (χ0n) is 22.1. The average Bonchev–Trinajstić information content (AvgIpc) is 2.80. The molecule has 0 saturated heterocycles. The molecule has 0 aliphatic heterocycles. The monoisotopic (exact) mass is 498 g/mol. The number of carbonyl (C=O) groups excluding carboxylic acids is 2. The van der Waals surface area contributed by atoms with Gasteiger partial charge in [0.1, 0.15) is 12.6 Å². The third-order valence-electron chi connectivity index (χ3n) is 6.87. The van der Waals surface area contributed by atoms with Crippen molar-refractivity contribution in [3.8, 4) is 0 Å². The number of hydrogen-bond donors (Lipinski definition) is 3. The molecule has 196 valence electrons. The second-order valence-electron chi connectivity index (χ2n) is 10.1. The van der Waals surface area contributed by atoms with Gasteiger partial charge >= 0.3 is 6.09 Å². The van der Waals surface area contributed by atoms with Crippen LogP contribution < -0.4 is 21.7 Å². The van der Waals surface area contributed by atoms with Gasteiger partial charge in [-0.15, -0.1) is 0 Å². The van der Waals surface area contributed by atoms with Gasteiger partial charge in [0.2, 0.25) is 11.7 Å². The normalized spacial score (nSPS) is 19.6. The van der Waals surface area contributed by atoms with E-state index in [9.17, 15) is 14.4 Å². The van der Waals surface area contributed by atoms with E-state index >= 15 is 0 Å². The van der Waals surface area contributed by atoms with Gasteiger partial charge in [0.05, 0.1) is 0 Å². The van der Waals surface area contributed by atoms with Crippen LogP contribution >= 0.6 is 0 Å². The van der Waals surface area contributed by atoms with Gasteiger partial charge in [-0.3, -0.25) is 24.6 Å². The summed E-state index contributed by atoms with van der Waals surface area (Å²) in [4.78, 5) is 46.4. The SMILES string of the molecule is Cc1ccc(CNC(=O)Cn2c(C)cnc(NNC(=O)OC3CC(C)CCC3C(C)C)c2=O)c(C)n1. The van der Waals surface area contributed by atoms with Crippen LogP contribution in [0.5, 0.6) is 0 Å². The van der Waals surface area contributed by atoms with Gasteiger partial charge in [-0.1, -0.05) is 33.3 Å². The van der Waals surface area contributed by atoms with E-state index in [1.165, 1.54) is 10.8 Å². The highest BCUT2D eigenvalue weighted by Gasteiger charge is 2.33. The molecule has 2 aromatic heterocycles. The molecule has 36 heavy (non-hydrogen) atoms. The largest absolute Gasteiger partial charge is 0.445 e. The van der Waals surface area contributed by atoms with E-state index in [-0.39, 0.29) is 24.4 Å². The standard InChI is InChI=1S/C26H38N6O4/c1-15(2)21-10-7-16(3)11-22(21)36-26(35)31-30-24-25(34)32(18(5)12-28-24)14-23(33)27-13-20-9-8-17(4)29-19(20)6/h8-9,12,15-16,21-22H,7,10-11,13-14H2,1-6H3,(H,27,33)(H,28,30)(H,31,35). The van der Waals surface area contributed by atoms with E-state index in [4.69, 9.17) is 4.74 Å². The fraction of sp³-hybridized carbons (Fsp3) is 0.577. The average molecular weight is 499 g/mol. The first-order valence-corrected chi connectivity index (χ1v) is 12.5. The Balaban J connectivity index is 1.59. The number of carbonyl (C=O) groups is 2. The van der Waals surface area contributed by atoms with Crippen molar-refractivity contribution in [1.29, 1.82) is 0 Å². The van der Waals surface area contributed by atoms with Crippen LogP contribution in [0.2, 0.25) is 0 Å². The zero-order valence-corrected chi connectivity index (χ0v) is 22.1. The Labute approximate surface area is 212 Å². The Hall–Kier alpha value is -3.43. The molecule has 3 N–H and O–H groups in total. The summed E-state index contributed by atoms with van der Waals surface area (Å²) in [6.07, 6.45) is 3.61. The van der Waals surface area contributed by atoms with Crippen molar-refractivity contribution in [1.82, 2.24) is 25.3 Å². The minimum atomic E-state index is -0.659. The molecule has 0 bridgehead atoms. The highest BCUT2D eigenvalue weighted by Crippen LogP contribution is 2.35. The molecular formula is C26H38N6O4. The van der Waals surface area contributed by atoms with Gasteiger partial charge in [-0.05, 0) is 63.0 Å². The van der Waals surface area contributed by atoms with Crippen molar-refractivity contribution in [2.75, 3.05) is 5.43 Å². The molecule has 3 unspecified atom stereocenters. The third-order valence-corrected chi connectivity index (χ3v) is 6.87. The highest BCUT2D eigenvalue weighted by atomic mass is 16.6. The predicted octanol–water partition coefficient (Wildman–Crippen LogP) is 3.39. The van der Waals surface area contributed by atoms with Gasteiger partial charge in [-0.25, -0.2) is 15.2 Å². The van der Waals surface area contributed by atoms with Crippen molar-refractivity contribution in [3.63, 3.8) is 0 Å². The lowest BCUT2D eigenvalue weighted by molar-refractivity contribution is -0.121. The number of hydrogen-bond acceptors (Lipinski definition) is 7. The fourth-order valence-corrected chi connectivity index (χ4v) is 4.68. The summed E-state index contributed by atoms with van der Waals surface area (Å²) >= 11 is 0. The van der Waals surface area contributed by atoms with Gasteiger partial charge in [0, 0.05) is 29.8 Å². The molecule has 3 rings (SSSR count). The summed E-state index contributed by atoms with van der Waals surface area (Å²) in [6, 6.07) is 3.81. The lowest BCUT2D eigenvalue weighted by atomic mass is 9.75. The molecule has 1 fully saturated rings. The lowest BCUT2D eigenvalue weighted by Crippen LogP contribution is -2.42. The number of pyridine rings is 1. The van der Waals surface area contributed by atoms with Gasteiger partial charge in [-0.2, -0.15) is 0 Å². The van der Waals surface area contributed by atoms with Crippen LogP contribution in [0.1, 0.15) is 62.7 Å². The van der Waals surface area contributed by atoms with E-state index in [2.05, 4.69) is 46.9 Å². The summed E-state index contributed by atoms with van der Waals surface area (Å²) < 4.78 is 6.99. The predicted molar refractivity (Wildman–Crippen MR) is 137 cm³/mol. The summed E-state index contributed by atoms with van der Waals surface area (Å²) in [5, 5.41) is 2.82. The molecule has 10 heteroatoms. The molecular weight excluding hydrogens is 460 g/mol. The van der Waals surface area contributed by atoms with Gasteiger partial charge in [0.25, 0.3) is 5.56 Å². The smallest absolute Gasteiger partial charge is 0.426 e. The van der Waals surface area contributed by atoms with E-state index < -0.39 is 11.7 Å².